The van der Waals surface area contributed by atoms with Crippen molar-refractivity contribution in [1.82, 2.24) is 5.32 Å². The van der Waals surface area contributed by atoms with Gasteiger partial charge in [0.15, 0.2) is 0 Å². The van der Waals surface area contributed by atoms with Crippen LogP contribution in [0, 0.1) is 34.4 Å². The Morgan fingerprint density at radius 2 is 2.23 bits per heavy atom. The second-order valence-electron chi connectivity index (χ2n) is 7.05. The number of cyclic esters (lactones) is 1. The number of benzene rings is 1. The molecule has 0 saturated carbocycles. The summed E-state index contributed by atoms with van der Waals surface area (Å²) in [5.74, 6) is -0.634. The predicted octanol–water partition coefficient (Wildman–Crippen LogP) is 2.95. The number of amides is 2. The summed E-state index contributed by atoms with van der Waals surface area (Å²) in [6.45, 7) is 3.25. The van der Waals surface area contributed by atoms with E-state index < -0.39 is 17.8 Å². The van der Waals surface area contributed by atoms with Gasteiger partial charge in [0.05, 0.1) is 30.1 Å². The molecule has 2 aliphatic heterocycles. The number of carbonyl (C=O) groups excluding carboxylic acids is 2. The quantitative estimate of drug-likeness (QED) is 0.766. The summed E-state index contributed by atoms with van der Waals surface area (Å²) in [7, 11) is 0. The molecule has 1 atom stereocenters. The van der Waals surface area contributed by atoms with Crippen molar-refractivity contribution in [2.45, 2.75) is 19.8 Å². The van der Waals surface area contributed by atoms with Crippen molar-refractivity contribution in [3.63, 3.8) is 0 Å². The van der Waals surface area contributed by atoms with Crippen molar-refractivity contribution in [2.75, 3.05) is 29.4 Å². The minimum Gasteiger partial charge on any atom is -0.411 e. The molecule has 2 aliphatic rings. The molecule has 0 aromatic heterocycles. The molecule has 8 nitrogen and oxygen atoms in total. The number of ether oxygens (including phenoxy) is 1. The van der Waals surface area contributed by atoms with Crippen molar-refractivity contribution < 1.29 is 18.7 Å². The number of anilines is 2. The van der Waals surface area contributed by atoms with E-state index in [1.807, 2.05) is 11.8 Å². The summed E-state index contributed by atoms with van der Waals surface area (Å²) >= 11 is 0. The second-order valence-corrected chi connectivity index (χ2v) is 7.05. The van der Waals surface area contributed by atoms with Crippen LogP contribution in [-0.4, -0.2) is 31.6 Å². The Labute approximate surface area is 173 Å². The van der Waals surface area contributed by atoms with Crippen molar-refractivity contribution in [2.24, 2.45) is 5.92 Å². The highest BCUT2D eigenvalue weighted by atomic mass is 19.1. The van der Waals surface area contributed by atoms with Crippen LogP contribution in [0.3, 0.4) is 0 Å². The highest BCUT2D eigenvalue weighted by Crippen LogP contribution is 2.32. The zero-order valence-corrected chi connectivity index (χ0v) is 16.4. The minimum atomic E-state index is -0.680. The zero-order chi connectivity index (χ0) is 21.7. The molecule has 1 aromatic carbocycles. The molecule has 30 heavy (non-hydrogen) atoms. The van der Waals surface area contributed by atoms with Gasteiger partial charge in [-0.05, 0) is 30.5 Å². The lowest BCUT2D eigenvalue weighted by Gasteiger charge is -2.34. The fraction of sp³-hybridized carbons (Fsp3) is 0.333. The van der Waals surface area contributed by atoms with Gasteiger partial charge in [0.2, 0.25) is 5.91 Å². The number of nitriles is 2. The van der Waals surface area contributed by atoms with Crippen LogP contribution in [0.25, 0.3) is 0 Å². The number of piperidine rings is 1. The molecule has 2 fully saturated rings. The molecule has 0 bridgehead atoms. The van der Waals surface area contributed by atoms with E-state index in [9.17, 15) is 14.0 Å². The van der Waals surface area contributed by atoms with E-state index in [-0.39, 0.29) is 24.6 Å². The lowest BCUT2D eigenvalue weighted by atomic mass is 9.92. The Morgan fingerprint density at radius 1 is 1.43 bits per heavy atom. The van der Waals surface area contributed by atoms with E-state index in [2.05, 4.69) is 11.4 Å². The van der Waals surface area contributed by atoms with Gasteiger partial charge in [-0.1, -0.05) is 12.5 Å². The summed E-state index contributed by atoms with van der Waals surface area (Å²) in [6, 6.07) is 8.31. The van der Waals surface area contributed by atoms with Crippen LogP contribution in [-0.2, 0) is 9.53 Å². The second kappa shape index (κ2) is 9.10. The fourth-order valence-electron chi connectivity index (χ4n) is 3.46. The third kappa shape index (κ3) is 4.58. The lowest BCUT2D eigenvalue weighted by Crippen LogP contribution is -2.36. The van der Waals surface area contributed by atoms with Crippen molar-refractivity contribution in [3.05, 3.63) is 47.6 Å². The maximum Gasteiger partial charge on any atom is 0.419 e. The summed E-state index contributed by atoms with van der Waals surface area (Å²) in [4.78, 5) is 26.6. The van der Waals surface area contributed by atoms with Crippen LogP contribution < -0.4 is 15.1 Å². The van der Waals surface area contributed by atoms with Gasteiger partial charge in [-0.2, -0.15) is 10.5 Å². The van der Waals surface area contributed by atoms with E-state index in [1.54, 1.807) is 24.3 Å². The van der Waals surface area contributed by atoms with Gasteiger partial charge in [-0.3, -0.25) is 9.69 Å². The summed E-state index contributed by atoms with van der Waals surface area (Å²) in [6.07, 6.45) is 2.50. The monoisotopic (exact) mass is 409 g/mol. The number of rotatable bonds is 4. The Balaban J connectivity index is 1.70. The molecular weight excluding hydrogens is 389 g/mol. The molecule has 154 valence electrons. The number of nitrogens with one attached hydrogen (secondary N) is 1. The average molecular weight is 409 g/mol. The SMILES string of the molecule is CC1CN(c2ccc(N3C/C(=C/NC(=O)CC#N)OC3=O)cc2F)CC/C1=C\C#N. The number of hydrogen-bond acceptors (Lipinski definition) is 6. The number of nitrogens with zero attached hydrogens (tertiary/aromatic N) is 4. The third-order valence-electron chi connectivity index (χ3n) is 5.02. The van der Waals surface area contributed by atoms with Gasteiger partial charge in [0.25, 0.3) is 0 Å². The molecule has 1 unspecified atom stereocenters. The van der Waals surface area contributed by atoms with Crippen molar-refractivity contribution >= 4 is 23.4 Å². The zero-order valence-electron chi connectivity index (χ0n) is 16.4. The minimum absolute atomic E-state index is 0.0352. The molecule has 1 aromatic rings. The lowest BCUT2D eigenvalue weighted by molar-refractivity contribution is -0.119. The van der Waals surface area contributed by atoms with Crippen LogP contribution in [0.2, 0.25) is 0 Å². The highest BCUT2D eigenvalue weighted by molar-refractivity contribution is 5.91. The van der Waals surface area contributed by atoms with Gasteiger partial charge in [0.1, 0.15) is 18.0 Å². The molecule has 2 heterocycles. The van der Waals surface area contributed by atoms with Crippen LogP contribution in [0.5, 0.6) is 0 Å². The number of allylic oxidation sites excluding steroid dienone is 1. The van der Waals surface area contributed by atoms with Crippen LogP contribution in [0.15, 0.2) is 41.8 Å². The molecule has 0 radical (unpaired) electrons. The molecule has 3 rings (SSSR count). The topological polar surface area (TPSA) is 109 Å². The van der Waals surface area contributed by atoms with Gasteiger partial charge < -0.3 is 15.0 Å². The highest BCUT2D eigenvalue weighted by Gasteiger charge is 2.30. The molecule has 0 spiro atoms. The average Bonchev–Trinajstić information content (AvgIpc) is 3.09. The molecular formula is C21H20FN5O3. The van der Waals surface area contributed by atoms with E-state index in [0.717, 1.165) is 5.57 Å². The van der Waals surface area contributed by atoms with E-state index in [0.29, 0.717) is 30.9 Å². The largest absolute Gasteiger partial charge is 0.419 e. The molecule has 9 heteroatoms. The third-order valence-corrected chi connectivity index (χ3v) is 5.02. The first-order chi connectivity index (χ1) is 14.4. The summed E-state index contributed by atoms with van der Waals surface area (Å²) < 4.78 is 19.9. The molecule has 1 N–H and O–H groups in total. The van der Waals surface area contributed by atoms with E-state index >= 15 is 0 Å². The standard InChI is InChI=1S/C21H20FN5O3/c1-14-12-26(9-6-15(14)4-7-23)19-3-2-16(10-18(19)22)27-13-17(30-21(27)29)11-25-20(28)5-8-24/h2-4,10-11,14H,5-6,9,12-13H2,1H3,(H,25,28)/b15-4+,17-11-. The molecule has 0 aliphatic carbocycles. The Hall–Kier alpha value is -3.85. The first-order valence-electron chi connectivity index (χ1n) is 9.40. The fourth-order valence-corrected chi connectivity index (χ4v) is 3.46. The Kier molecular flexibility index (Phi) is 6.33. The maximum absolute atomic E-state index is 14.8. The van der Waals surface area contributed by atoms with Crippen LogP contribution in [0.4, 0.5) is 20.6 Å². The van der Waals surface area contributed by atoms with Gasteiger partial charge in [0, 0.05) is 25.4 Å². The van der Waals surface area contributed by atoms with Crippen LogP contribution in [0.1, 0.15) is 19.8 Å². The van der Waals surface area contributed by atoms with Gasteiger partial charge >= 0.3 is 6.09 Å². The number of carbonyl (C=O) groups is 2. The molecule has 2 amide bonds. The predicted molar refractivity (Wildman–Crippen MR) is 106 cm³/mol. The Bertz CT molecular complexity index is 1000. The first-order valence-corrected chi connectivity index (χ1v) is 9.40. The first kappa shape index (κ1) is 20.9. The number of halogens is 1. The number of hydrogen-bond donors (Lipinski definition) is 1. The van der Waals surface area contributed by atoms with Crippen LogP contribution >= 0.6 is 0 Å². The van der Waals surface area contributed by atoms with Crippen molar-refractivity contribution in [1.29, 1.82) is 10.5 Å². The van der Waals surface area contributed by atoms with Crippen molar-refractivity contribution in [3.8, 4) is 12.1 Å². The van der Waals surface area contributed by atoms with Gasteiger partial charge in [-0.15, -0.1) is 0 Å². The Morgan fingerprint density at radius 3 is 2.90 bits per heavy atom. The summed E-state index contributed by atoms with van der Waals surface area (Å²) in [5.41, 5.74) is 1.84. The normalized spacial score (nSPS) is 21.3. The van der Waals surface area contributed by atoms with E-state index in [1.165, 1.54) is 17.2 Å². The smallest absolute Gasteiger partial charge is 0.411 e. The van der Waals surface area contributed by atoms with E-state index in [4.69, 9.17) is 15.3 Å². The summed E-state index contributed by atoms with van der Waals surface area (Å²) in [5, 5.41) is 19.7. The maximum atomic E-state index is 14.8. The van der Waals surface area contributed by atoms with Gasteiger partial charge in [-0.25, -0.2) is 9.18 Å². The molecule has 2 saturated heterocycles.